The van der Waals surface area contributed by atoms with Crippen LogP contribution in [0.2, 0.25) is 0 Å². The maximum atomic E-state index is 12.2. The number of hydrogen-bond donors (Lipinski definition) is 1. The first kappa shape index (κ1) is 14.2. The maximum Gasteiger partial charge on any atom is 0.258 e. The molecule has 2 atom stereocenters. The minimum atomic E-state index is -0.00885. The Morgan fingerprint density at radius 1 is 1.29 bits per heavy atom. The molecule has 1 saturated heterocycles. The van der Waals surface area contributed by atoms with Gasteiger partial charge in [-0.05, 0) is 38.5 Å². The van der Waals surface area contributed by atoms with Crippen LogP contribution in [0.15, 0.2) is 29.2 Å². The monoisotopic (exact) mass is 286 g/mol. The second-order valence-corrected chi connectivity index (χ2v) is 6.05. The summed E-state index contributed by atoms with van der Waals surface area (Å²) >= 11 is 0. The van der Waals surface area contributed by atoms with Crippen LogP contribution in [0.3, 0.4) is 0 Å². The summed E-state index contributed by atoms with van der Waals surface area (Å²) in [6, 6.07) is 6.44. The molecular weight excluding hydrogens is 264 g/mol. The number of pyridine rings is 1. The number of rotatable bonds is 2. The molecule has 0 bridgehead atoms. The van der Waals surface area contributed by atoms with Gasteiger partial charge in [-0.3, -0.25) is 14.1 Å². The zero-order valence-electron chi connectivity index (χ0n) is 12.8. The van der Waals surface area contributed by atoms with Gasteiger partial charge in [-0.2, -0.15) is 0 Å². The SMILES string of the molecule is Cc1ccn2c(=O)cc(CN3C(C)CNCC3C)nc2c1. The average molecular weight is 286 g/mol. The zero-order valence-corrected chi connectivity index (χ0v) is 12.8. The summed E-state index contributed by atoms with van der Waals surface area (Å²) in [5.41, 5.74) is 2.69. The van der Waals surface area contributed by atoms with Crippen molar-refractivity contribution in [2.45, 2.75) is 39.4 Å². The van der Waals surface area contributed by atoms with Gasteiger partial charge in [0.05, 0.1) is 5.69 Å². The van der Waals surface area contributed by atoms with Crippen molar-refractivity contribution in [3.8, 4) is 0 Å². The van der Waals surface area contributed by atoms with E-state index in [9.17, 15) is 4.79 Å². The van der Waals surface area contributed by atoms with Crippen molar-refractivity contribution in [3.05, 3.63) is 46.0 Å². The number of aryl methyl sites for hydroxylation is 1. The fraction of sp³-hybridized carbons (Fsp3) is 0.500. The number of nitrogens with one attached hydrogen (secondary N) is 1. The van der Waals surface area contributed by atoms with E-state index in [1.807, 2.05) is 19.1 Å². The Balaban J connectivity index is 1.95. The van der Waals surface area contributed by atoms with Gasteiger partial charge in [0.2, 0.25) is 0 Å². The topological polar surface area (TPSA) is 49.6 Å². The fourth-order valence-corrected chi connectivity index (χ4v) is 3.00. The lowest BCUT2D eigenvalue weighted by atomic mass is 10.1. The summed E-state index contributed by atoms with van der Waals surface area (Å²) in [4.78, 5) is 19.3. The summed E-state index contributed by atoms with van der Waals surface area (Å²) in [5, 5.41) is 3.42. The molecule has 0 aliphatic carbocycles. The van der Waals surface area contributed by atoms with Crippen molar-refractivity contribution >= 4 is 5.65 Å². The van der Waals surface area contributed by atoms with Crippen LogP contribution < -0.4 is 10.9 Å². The predicted octanol–water partition coefficient (Wildman–Crippen LogP) is 1.19. The van der Waals surface area contributed by atoms with Gasteiger partial charge in [0.25, 0.3) is 5.56 Å². The third-order valence-electron chi connectivity index (χ3n) is 4.23. The van der Waals surface area contributed by atoms with Crippen LogP contribution in [0.4, 0.5) is 0 Å². The molecule has 1 aliphatic heterocycles. The van der Waals surface area contributed by atoms with Gasteiger partial charge in [-0.15, -0.1) is 0 Å². The van der Waals surface area contributed by atoms with Crippen LogP contribution in [0.5, 0.6) is 0 Å². The lowest BCUT2D eigenvalue weighted by Gasteiger charge is -2.39. The lowest BCUT2D eigenvalue weighted by Crippen LogP contribution is -2.54. The number of hydrogen-bond acceptors (Lipinski definition) is 4. The molecule has 1 fully saturated rings. The van der Waals surface area contributed by atoms with E-state index in [4.69, 9.17) is 0 Å². The first-order valence-electron chi connectivity index (χ1n) is 7.50. The summed E-state index contributed by atoms with van der Waals surface area (Å²) in [6.45, 7) is 9.12. The minimum Gasteiger partial charge on any atom is -0.314 e. The summed E-state index contributed by atoms with van der Waals surface area (Å²) in [5.74, 6) is 0. The Hall–Kier alpha value is -1.72. The van der Waals surface area contributed by atoms with E-state index in [0.29, 0.717) is 12.1 Å². The normalized spacial score (nSPS) is 23.6. The molecule has 0 amide bonds. The summed E-state index contributed by atoms with van der Waals surface area (Å²) < 4.78 is 1.60. The van der Waals surface area contributed by atoms with E-state index in [-0.39, 0.29) is 5.56 Å². The van der Waals surface area contributed by atoms with Crippen molar-refractivity contribution in [1.82, 2.24) is 19.6 Å². The molecule has 0 aromatic carbocycles. The first-order valence-corrected chi connectivity index (χ1v) is 7.50. The number of piperazine rings is 1. The molecule has 1 aliphatic rings. The van der Waals surface area contributed by atoms with Crippen molar-refractivity contribution in [2.24, 2.45) is 0 Å². The largest absolute Gasteiger partial charge is 0.314 e. The second kappa shape index (κ2) is 5.58. The van der Waals surface area contributed by atoms with Crippen molar-refractivity contribution in [1.29, 1.82) is 0 Å². The molecule has 1 N–H and O–H groups in total. The number of nitrogens with zero attached hydrogens (tertiary/aromatic N) is 3. The Morgan fingerprint density at radius 2 is 2.00 bits per heavy atom. The van der Waals surface area contributed by atoms with Crippen molar-refractivity contribution in [3.63, 3.8) is 0 Å². The molecule has 0 radical (unpaired) electrons. The fourth-order valence-electron chi connectivity index (χ4n) is 3.00. The smallest absolute Gasteiger partial charge is 0.258 e. The Labute approximate surface area is 124 Å². The molecule has 2 aromatic heterocycles. The minimum absolute atomic E-state index is 0.00885. The van der Waals surface area contributed by atoms with Gasteiger partial charge < -0.3 is 5.32 Å². The van der Waals surface area contributed by atoms with E-state index < -0.39 is 0 Å². The van der Waals surface area contributed by atoms with E-state index >= 15 is 0 Å². The quantitative estimate of drug-likeness (QED) is 0.901. The standard InChI is InChI=1S/C16H22N4O/c1-11-4-5-19-15(6-11)18-14(7-16(19)21)10-20-12(2)8-17-9-13(20)3/h4-7,12-13,17H,8-10H2,1-3H3. The first-order chi connectivity index (χ1) is 10.0. The molecule has 0 saturated carbocycles. The van der Waals surface area contributed by atoms with Crippen LogP contribution in [-0.4, -0.2) is 39.5 Å². The second-order valence-electron chi connectivity index (χ2n) is 6.05. The molecule has 21 heavy (non-hydrogen) atoms. The highest BCUT2D eigenvalue weighted by atomic mass is 16.1. The van der Waals surface area contributed by atoms with Crippen LogP contribution in [-0.2, 0) is 6.54 Å². The summed E-state index contributed by atoms with van der Waals surface area (Å²) in [6.07, 6.45) is 1.79. The van der Waals surface area contributed by atoms with E-state index in [2.05, 4.69) is 29.0 Å². The maximum absolute atomic E-state index is 12.2. The molecule has 112 valence electrons. The lowest BCUT2D eigenvalue weighted by molar-refractivity contribution is 0.107. The molecule has 0 spiro atoms. The highest BCUT2D eigenvalue weighted by molar-refractivity contribution is 5.41. The van der Waals surface area contributed by atoms with Gasteiger partial charge in [-0.1, -0.05) is 0 Å². The van der Waals surface area contributed by atoms with Crippen LogP contribution in [0.25, 0.3) is 5.65 Å². The average Bonchev–Trinajstić information content (AvgIpc) is 2.42. The molecule has 3 rings (SSSR count). The number of fused-ring (bicyclic) bond motifs is 1. The third-order valence-corrected chi connectivity index (χ3v) is 4.23. The highest BCUT2D eigenvalue weighted by Crippen LogP contribution is 2.13. The Kier molecular flexibility index (Phi) is 3.78. The van der Waals surface area contributed by atoms with Gasteiger partial charge in [0, 0.05) is 44.0 Å². The van der Waals surface area contributed by atoms with Gasteiger partial charge in [-0.25, -0.2) is 4.98 Å². The van der Waals surface area contributed by atoms with E-state index in [1.165, 1.54) is 0 Å². The molecule has 5 heteroatoms. The molecule has 5 nitrogen and oxygen atoms in total. The highest BCUT2D eigenvalue weighted by Gasteiger charge is 2.24. The van der Waals surface area contributed by atoms with Crippen molar-refractivity contribution < 1.29 is 0 Å². The van der Waals surface area contributed by atoms with Crippen LogP contribution >= 0.6 is 0 Å². The van der Waals surface area contributed by atoms with Gasteiger partial charge >= 0.3 is 0 Å². The van der Waals surface area contributed by atoms with Crippen LogP contribution in [0, 0.1) is 6.92 Å². The number of aromatic nitrogens is 2. The van der Waals surface area contributed by atoms with Gasteiger partial charge in [0.15, 0.2) is 0 Å². The van der Waals surface area contributed by atoms with E-state index in [1.54, 1.807) is 16.7 Å². The zero-order chi connectivity index (χ0) is 15.0. The molecule has 3 heterocycles. The Bertz CT molecular complexity index is 699. The van der Waals surface area contributed by atoms with Crippen LogP contribution in [0.1, 0.15) is 25.1 Å². The Morgan fingerprint density at radius 3 is 2.71 bits per heavy atom. The predicted molar refractivity (Wildman–Crippen MR) is 83.5 cm³/mol. The van der Waals surface area contributed by atoms with E-state index in [0.717, 1.165) is 36.5 Å². The summed E-state index contributed by atoms with van der Waals surface area (Å²) in [7, 11) is 0. The third kappa shape index (κ3) is 2.84. The molecular formula is C16H22N4O. The van der Waals surface area contributed by atoms with Crippen molar-refractivity contribution in [2.75, 3.05) is 13.1 Å². The molecule has 2 unspecified atom stereocenters. The van der Waals surface area contributed by atoms with Gasteiger partial charge in [0.1, 0.15) is 5.65 Å². The molecule has 2 aromatic rings.